The van der Waals surface area contributed by atoms with Crippen LogP contribution in [0.3, 0.4) is 0 Å². The van der Waals surface area contributed by atoms with Gasteiger partial charge in [0, 0.05) is 5.02 Å². The fraction of sp³-hybridized carbons (Fsp3) is 0. The zero-order valence-electron chi connectivity index (χ0n) is 17.0. The van der Waals surface area contributed by atoms with Gasteiger partial charge >= 0.3 is 0 Å². The van der Waals surface area contributed by atoms with E-state index in [1.54, 1.807) is 0 Å². The van der Waals surface area contributed by atoms with Crippen LogP contribution in [0.1, 0.15) is 0 Å². The molecule has 0 radical (unpaired) electrons. The molecule has 0 N–H and O–H groups in total. The lowest BCUT2D eigenvalue weighted by molar-refractivity contribution is 1.55. The molecule has 0 nitrogen and oxygen atoms in total. The van der Waals surface area contributed by atoms with Gasteiger partial charge in [-0.25, -0.2) is 0 Å². The molecular weight excluding hydrogens is 396 g/mol. The normalized spacial score (nSPS) is 10.7. The van der Waals surface area contributed by atoms with Crippen LogP contribution >= 0.6 is 11.6 Å². The van der Waals surface area contributed by atoms with Crippen molar-refractivity contribution in [3.63, 3.8) is 0 Å². The minimum Gasteiger partial charge on any atom is -0.0843 e. The monoisotopic (exact) mass is 416 g/mol. The first-order chi connectivity index (χ1) is 15.3. The molecule has 148 valence electrons. The Hall–Kier alpha value is -3.61. The SMILES string of the molecule is Clc1ccc(-c2ccc(-c3ccc(-c4ccccc4)cc3-c3ccccc3)cc2)cc1. The maximum atomic E-state index is 6.04. The minimum absolute atomic E-state index is 0.756. The fourth-order valence-electron chi connectivity index (χ4n) is 3.95. The summed E-state index contributed by atoms with van der Waals surface area (Å²) >= 11 is 6.04. The molecule has 0 saturated carbocycles. The van der Waals surface area contributed by atoms with E-state index in [-0.39, 0.29) is 0 Å². The van der Waals surface area contributed by atoms with Gasteiger partial charge in [-0.3, -0.25) is 0 Å². The standard InChI is InChI=1S/C30H21Cl/c31-28-18-15-24(16-19-28)23-11-13-26(14-12-23)29-20-17-27(22-7-3-1-4-8-22)21-30(29)25-9-5-2-6-10-25/h1-21H. The molecule has 5 aromatic carbocycles. The van der Waals surface area contributed by atoms with Crippen LogP contribution in [0.5, 0.6) is 0 Å². The molecule has 0 aliphatic carbocycles. The molecule has 31 heavy (non-hydrogen) atoms. The second kappa shape index (κ2) is 8.63. The maximum absolute atomic E-state index is 6.04. The van der Waals surface area contributed by atoms with Crippen LogP contribution in [0, 0.1) is 0 Å². The second-order valence-corrected chi connectivity index (χ2v) is 8.01. The molecule has 0 fully saturated rings. The van der Waals surface area contributed by atoms with Gasteiger partial charge in [-0.1, -0.05) is 121 Å². The molecule has 1 heteroatoms. The van der Waals surface area contributed by atoms with Gasteiger partial charge in [0.1, 0.15) is 0 Å². The highest BCUT2D eigenvalue weighted by atomic mass is 35.5. The quantitative estimate of drug-likeness (QED) is 0.274. The number of hydrogen-bond acceptors (Lipinski definition) is 0. The van der Waals surface area contributed by atoms with Crippen molar-refractivity contribution in [3.8, 4) is 44.5 Å². The van der Waals surface area contributed by atoms with E-state index >= 15 is 0 Å². The van der Waals surface area contributed by atoms with Crippen molar-refractivity contribution in [1.29, 1.82) is 0 Å². The van der Waals surface area contributed by atoms with Gasteiger partial charge in [0.05, 0.1) is 0 Å². The first-order valence-corrected chi connectivity index (χ1v) is 10.8. The largest absolute Gasteiger partial charge is 0.0843 e. The van der Waals surface area contributed by atoms with E-state index in [9.17, 15) is 0 Å². The first-order valence-electron chi connectivity index (χ1n) is 10.4. The molecule has 0 amide bonds. The Morgan fingerprint density at radius 3 is 1.35 bits per heavy atom. The number of hydrogen-bond donors (Lipinski definition) is 0. The van der Waals surface area contributed by atoms with Crippen LogP contribution in [-0.4, -0.2) is 0 Å². The number of benzene rings is 5. The summed E-state index contributed by atoms with van der Waals surface area (Å²) in [6.07, 6.45) is 0. The van der Waals surface area contributed by atoms with Gasteiger partial charge in [-0.15, -0.1) is 0 Å². The van der Waals surface area contributed by atoms with E-state index < -0.39 is 0 Å². The van der Waals surface area contributed by atoms with Crippen molar-refractivity contribution in [2.75, 3.05) is 0 Å². The van der Waals surface area contributed by atoms with Crippen molar-refractivity contribution >= 4 is 11.6 Å². The summed E-state index contributed by atoms with van der Waals surface area (Å²) < 4.78 is 0. The van der Waals surface area contributed by atoms with Crippen LogP contribution in [0.15, 0.2) is 127 Å². The van der Waals surface area contributed by atoms with Gasteiger partial charge < -0.3 is 0 Å². The van der Waals surface area contributed by atoms with Crippen LogP contribution < -0.4 is 0 Å². The first kappa shape index (κ1) is 19.4. The minimum atomic E-state index is 0.756. The Labute approximate surface area is 188 Å². The lowest BCUT2D eigenvalue weighted by atomic mass is 9.90. The smallest absolute Gasteiger partial charge is 0.0406 e. The Morgan fingerprint density at radius 1 is 0.323 bits per heavy atom. The van der Waals surface area contributed by atoms with Crippen LogP contribution in [0.2, 0.25) is 5.02 Å². The molecule has 0 aromatic heterocycles. The third-order valence-corrected chi connectivity index (χ3v) is 5.84. The summed E-state index contributed by atoms with van der Waals surface area (Å²) in [6, 6.07) is 44.6. The highest BCUT2D eigenvalue weighted by molar-refractivity contribution is 6.30. The van der Waals surface area contributed by atoms with Gasteiger partial charge in [0.25, 0.3) is 0 Å². The van der Waals surface area contributed by atoms with Crippen molar-refractivity contribution in [2.45, 2.75) is 0 Å². The van der Waals surface area contributed by atoms with Crippen molar-refractivity contribution in [3.05, 3.63) is 132 Å². The van der Waals surface area contributed by atoms with E-state index in [1.165, 1.54) is 44.5 Å². The van der Waals surface area contributed by atoms with Crippen molar-refractivity contribution in [1.82, 2.24) is 0 Å². The highest BCUT2D eigenvalue weighted by Gasteiger charge is 2.10. The van der Waals surface area contributed by atoms with E-state index in [1.807, 2.05) is 12.1 Å². The number of rotatable bonds is 4. The van der Waals surface area contributed by atoms with Crippen LogP contribution in [0.4, 0.5) is 0 Å². The lowest BCUT2D eigenvalue weighted by Gasteiger charge is -2.14. The van der Waals surface area contributed by atoms with E-state index in [2.05, 4.69) is 115 Å². The molecule has 5 aromatic rings. The van der Waals surface area contributed by atoms with Crippen LogP contribution in [-0.2, 0) is 0 Å². The maximum Gasteiger partial charge on any atom is 0.0406 e. The molecule has 0 saturated heterocycles. The average molecular weight is 417 g/mol. The summed E-state index contributed by atoms with van der Waals surface area (Å²) in [4.78, 5) is 0. The van der Waals surface area contributed by atoms with Crippen molar-refractivity contribution < 1.29 is 0 Å². The van der Waals surface area contributed by atoms with E-state index in [0.717, 1.165) is 5.02 Å². The number of halogens is 1. The third-order valence-electron chi connectivity index (χ3n) is 5.58. The summed E-state index contributed by atoms with van der Waals surface area (Å²) in [5, 5.41) is 0.756. The Bertz CT molecular complexity index is 1290. The molecule has 0 atom stereocenters. The Balaban J connectivity index is 1.59. The van der Waals surface area contributed by atoms with Gasteiger partial charge in [-0.05, 0) is 62.7 Å². The van der Waals surface area contributed by atoms with Gasteiger partial charge in [0.2, 0.25) is 0 Å². The molecule has 0 spiro atoms. The summed E-state index contributed by atoms with van der Waals surface area (Å²) in [7, 11) is 0. The topological polar surface area (TPSA) is 0 Å². The van der Waals surface area contributed by atoms with E-state index in [4.69, 9.17) is 11.6 Å². The zero-order valence-corrected chi connectivity index (χ0v) is 17.8. The Morgan fingerprint density at radius 2 is 0.742 bits per heavy atom. The molecule has 0 unspecified atom stereocenters. The summed E-state index contributed by atoms with van der Waals surface area (Å²) in [6.45, 7) is 0. The second-order valence-electron chi connectivity index (χ2n) is 7.58. The van der Waals surface area contributed by atoms with Crippen LogP contribution in [0.25, 0.3) is 44.5 Å². The lowest BCUT2D eigenvalue weighted by Crippen LogP contribution is -1.88. The predicted octanol–water partition coefficient (Wildman–Crippen LogP) is 9.01. The average Bonchev–Trinajstić information content (AvgIpc) is 2.85. The predicted molar refractivity (Wildman–Crippen MR) is 133 cm³/mol. The van der Waals surface area contributed by atoms with Gasteiger partial charge in [0.15, 0.2) is 0 Å². The van der Waals surface area contributed by atoms with Gasteiger partial charge in [-0.2, -0.15) is 0 Å². The Kier molecular flexibility index (Phi) is 5.39. The molecule has 0 bridgehead atoms. The zero-order chi connectivity index (χ0) is 21.0. The molecule has 0 aliphatic heterocycles. The fourth-order valence-corrected chi connectivity index (χ4v) is 4.07. The molecule has 5 rings (SSSR count). The molecule has 0 aliphatic rings. The van der Waals surface area contributed by atoms with Crippen molar-refractivity contribution in [2.24, 2.45) is 0 Å². The molecular formula is C30H21Cl. The van der Waals surface area contributed by atoms with E-state index in [0.29, 0.717) is 0 Å². The molecule has 0 heterocycles. The summed E-state index contributed by atoms with van der Waals surface area (Å²) in [5.74, 6) is 0. The highest BCUT2D eigenvalue weighted by Crippen LogP contribution is 2.36. The summed E-state index contributed by atoms with van der Waals surface area (Å²) in [5.41, 5.74) is 9.69. The third kappa shape index (κ3) is 4.17.